The van der Waals surface area contributed by atoms with E-state index in [1.165, 1.54) is 12.4 Å². The zero-order chi connectivity index (χ0) is 16.4. The third-order valence-corrected chi connectivity index (χ3v) is 3.40. The van der Waals surface area contributed by atoms with E-state index in [0.29, 0.717) is 28.2 Å². The van der Waals surface area contributed by atoms with Crippen LogP contribution in [0, 0.1) is 6.92 Å². The lowest BCUT2D eigenvalue weighted by Gasteiger charge is -2.18. The van der Waals surface area contributed by atoms with Gasteiger partial charge in [0.1, 0.15) is 23.3 Å². The minimum absolute atomic E-state index is 0.120. The van der Waals surface area contributed by atoms with Crippen molar-refractivity contribution in [3.63, 3.8) is 0 Å². The van der Waals surface area contributed by atoms with E-state index in [4.69, 9.17) is 4.52 Å². The molecular formula is C15H14F2N4O2. The lowest BCUT2D eigenvalue weighted by molar-refractivity contribution is -0.0505. The maximum Gasteiger partial charge on any atom is 0.387 e. The van der Waals surface area contributed by atoms with Crippen LogP contribution in [-0.4, -0.2) is 21.7 Å². The summed E-state index contributed by atoms with van der Waals surface area (Å²) in [4.78, 5) is 8.18. The van der Waals surface area contributed by atoms with Gasteiger partial charge in [-0.25, -0.2) is 4.98 Å². The van der Waals surface area contributed by atoms with Crippen molar-refractivity contribution in [2.24, 2.45) is 0 Å². The van der Waals surface area contributed by atoms with E-state index >= 15 is 0 Å². The Labute approximate surface area is 130 Å². The molecule has 2 heterocycles. The number of benzene rings is 1. The Morgan fingerprint density at radius 2 is 2.00 bits per heavy atom. The monoisotopic (exact) mass is 320 g/mol. The second-order valence-corrected chi connectivity index (χ2v) is 4.95. The number of para-hydroxylation sites is 1. The molecule has 0 saturated heterocycles. The molecule has 0 amide bonds. The predicted octanol–water partition coefficient (Wildman–Crippen LogP) is 3.70. The molecule has 3 aromatic rings. The number of aromatic nitrogens is 3. The van der Waals surface area contributed by atoms with Crippen LogP contribution in [0.5, 0.6) is 5.75 Å². The Balaban J connectivity index is 1.92. The maximum absolute atomic E-state index is 12.5. The number of hydrogen-bond donors (Lipinski definition) is 1. The van der Waals surface area contributed by atoms with Crippen LogP contribution in [0.4, 0.5) is 14.6 Å². The van der Waals surface area contributed by atoms with Gasteiger partial charge in [0.15, 0.2) is 0 Å². The fraction of sp³-hybridized carbons (Fsp3) is 0.267. The van der Waals surface area contributed by atoms with Gasteiger partial charge in [-0.15, -0.1) is 0 Å². The quantitative estimate of drug-likeness (QED) is 0.773. The Kier molecular flexibility index (Phi) is 4.05. The standard InChI is InChI=1S/C15H14F2N4O2/c1-8(10-5-3-4-6-11(10)22-15(16)17)20-13-12-9(2)21-23-14(12)19-7-18-13/h3-8,15H,1-2H3,(H,18,19,20). The third kappa shape index (κ3) is 3.05. The van der Waals surface area contributed by atoms with Gasteiger partial charge < -0.3 is 14.6 Å². The van der Waals surface area contributed by atoms with Crippen LogP contribution in [0.3, 0.4) is 0 Å². The van der Waals surface area contributed by atoms with Gasteiger partial charge in [-0.1, -0.05) is 23.4 Å². The first-order chi connectivity index (χ1) is 11.1. The summed E-state index contributed by atoms with van der Waals surface area (Å²) in [7, 11) is 0. The number of halogens is 2. The lowest BCUT2D eigenvalue weighted by atomic mass is 10.1. The molecule has 1 atom stereocenters. The average Bonchev–Trinajstić information content (AvgIpc) is 2.90. The summed E-state index contributed by atoms with van der Waals surface area (Å²) in [5.74, 6) is 0.642. The van der Waals surface area contributed by atoms with Crippen LogP contribution in [0.2, 0.25) is 0 Å². The van der Waals surface area contributed by atoms with E-state index in [2.05, 4.69) is 25.2 Å². The molecule has 0 aliphatic carbocycles. The molecule has 1 aromatic carbocycles. The van der Waals surface area contributed by atoms with Crippen LogP contribution in [-0.2, 0) is 0 Å². The molecule has 120 valence electrons. The van der Waals surface area contributed by atoms with E-state index in [1.54, 1.807) is 25.1 Å². The van der Waals surface area contributed by atoms with Gasteiger partial charge in [-0.3, -0.25) is 0 Å². The van der Waals surface area contributed by atoms with Crippen LogP contribution in [0.25, 0.3) is 11.1 Å². The van der Waals surface area contributed by atoms with Gasteiger partial charge in [0.05, 0.1) is 11.7 Å². The van der Waals surface area contributed by atoms with Crippen LogP contribution < -0.4 is 10.1 Å². The number of ether oxygens (including phenoxy) is 1. The summed E-state index contributed by atoms with van der Waals surface area (Å²) in [6.45, 7) is 0.720. The van der Waals surface area contributed by atoms with Crippen molar-refractivity contribution < 1.29 is 18.0 Å². The van der Waals surface area contributed by atoms with Crippen LogP contribution in [0.1, 0.15) is 24.2 Å². The molecule has 1 unspecified atom stereocenters. The molecule has 2 aromatic heterocycles. The number of fused-ring (bicyclic) bond motifs is 1. The second kappa shape index (κ2) is 6.15. The normalized spacial score (nSPS) is 12.6. The Bertz CT molecular complexity index is 822. The van der Waals surface area contributed by atoms with Crippen molar-refractivity contribution in [3.05, 3.63) is 41.9 Å². The molecule has 0 spiro atoms. The van der Waals surface area contributed by atoms with Crippen molar-refractivity contribution in [3.8, 4) is 5.75 Å². The first kappa shape index (κ1) is 15.1. The topological polar surface area (TPSA) is 73.1 Å². The fourth-order valence-electron chi connectivity index (χ4n) is 2.36. The third-order valence-electron chi connectivity index (χ3n) is 3.40. The molecule has 1 N–H and O–H groups in total. The smallest absolute Gasteiger partial charge is 0.387 e. The largest absolute Gasteiger partial charge is 0.434 e. The van der Waals surface area contributed by atoms with Gasteiger partial charge in [-0.05, 0) is 19.9 Å². The van der Waals surface area contributed by atoms with E-state index < -0.39 is 6.61 Å². The Hall–Kier alpha value is -2.77. The van der Waals surface area contributed by atoms with E-state index in [9.17, 15) is 8.78 Å². The average molecular weight is 320 g/mol. The Morgan fingerprint density at radius 3 is 2.78 bits per heavy atom. The van der Waals surface area contributed by atoms with Crippen molar-refractivity contribution >= 4 is 16.9 Å². The summed E-state index contributed by atoms with van der Waals surface area (Å²) in [6, 6.07) is 6.29. The molecule has 0 aliphatic rings. The molecule has 0 fully saturated rings. The zero-order valence-electron chi connectivity index (χ0n) is 12.5. The number of anilines is 1. The SMILES string of the molecule is Cc1noc2ncnc(NC(C)c3ccccc3OC(F)F)c12. The highest BCUT2D eigenvalue weighted by Crippen LogP contribution is 2.31. The van der Waals surface area contributed by atoms with Crippen molar-refractivity contribution in [2.45, 2.75) is 26.5 Å². The number of aryl methyl sites for hydroxylation is 1. The summed E-state index contributed by atoms with van der Waals surface area (Å²) in [5.41, 5.74) is 1.60. The summed E-state index contributed by atoms with van der Waals surface area (Å²) in [6.07, 6.45) is 1.35. The van der Waals surface area contributed by atoms with E-state index in [1.807, 2.05) is 6.92 Å². The number of alkyl halides is 2. The molecule has 8 heteroatoms. The minimum atomic E-state index is -2.88. The van der Waals surface area contributed by atoms with Gasteiger partial charge in [-0.2, -0.15) is 13.8 Å². The van der Waals surface area contributed by atoms with Gasteiger partial charge in [0.2, 0.25) is 0 Å². The molecule has 0 radical (unpaired) electrons. The summed E-state index contributed by atoms with van der Waals surface area (Å²) >= 11 is 0. The molecule has 0 aliphatic heterocycles. The molecule has 23 heavy (non-hydrogen) atoms. The molecular weight excluding hydrogens is 306 g/mol. The van der Waals surface area contributed by atoms with E-state index in [-0.39, 0.29) is 11.8 Å². The number of nitrogens with zero attached hydrogens (tertiary/aromatic N) is 3. The summed E-state index contributed by atoms with van der Waals surface area (Å²) in [5, 5.41) is 7.68. The predicted molar refractivity (Wildman–Crippen MR) is 79.4 cm³/mol. The highest BCUT2D eigenvalue weighted by Gasteiger charge is 2.18. The second-order valence-electron chi connectivity index (χ2n) is 4.95. The van der Waals surface area contributed by atoms with Gasteiger partial charge >= 0.3 is 6.61 Å². The van der Waals surface area contributed by atoms with E-state index in [0.717, 1.165) is 0 Å². The molecule has 0 bridgehead atoms. The summed E-state index contributed by atoms with van der Waals surface area (Å²) < 4.78 is 34.7. The fourth-order valence-corrected chi connectivity index (χ4v) is 2.36. The van der Waals surface area contributed by atoms with Crippen molar-refractivity contribution in [2.75, 3.05) is 5.32 Å². The zero-order valence-corrected chi connectivity index (χ0v) is 12.5. The highest BCUT2D eigenvalue weighted by molar-refractivity contribution is 5.87. The van der Waals surface area contributed by atoms with Crippen LogP contribution >= 0.6 is 0 Å². The molecule has 6 nitrogen and oxygen atoms in total. The number of hydrogen-bond acceptors (Lipinski definition) is 6. The number of nitrogens with one attached hydrogen (secondary N) is 1. The number of rotatable bonds is 5. The first-order valence-electron chi connectivity index (χ1n) is 6.93. The van der Waals surface area contributed by atoms with Gasteiger partial charge in [0.25, 0.3) is 5.71 Å². The minimum Gasteiger partial charge on any atom is -0.434 e. The Morgan fingerprint density at radius 1 is 1.22 bits per heavy atom. The molecule has 0 saturated carbocycles. The maximum atomic E-state index is 12.5. The highest BCUT2D eigenvalue weighted by atomic mass is 19.3. The van der Waals surface area contributed by atoms with Crippen LogP contribution in [0.15, 0.2) is 35.1 Å². The van der Waals surface area contributed by atoms with Crippen molar-refractivity contribution in [1.29, 1.82) is 0 Å². The van der Waals surface area contributed by atoms with Gasteiger partial charge in [0, 0.05) is 5.56 Å². The van der Waals surface area contributed by atoms with Crippen molar-refractivity contribution in [1.82, 2.24) is 15.1 Å². The first-order valence-corrected chi connectivity index (χ1v) is 6.93. The molecule has 3 rings (SSSR count). The lowest BCUT2D eigenvalue weighted by Crippen LogP contribution is -2.12.